The molecule has 1 unspecified atom stereocenters. The number of hydrogen-bond donors (Lipinski definition) is 1. The van der Waals surface area contributed by atoms with E-state index in [0.29, 0.717) is 0 Å². The highest BCUT2D eigenvalue weighted by Gasteiger charge is 2.08. The van der Waals surface area contributed by atoms with Crippen LogP contribution in [0.15, 0.2) is 35.2 Å². The van der Waals surface area contributed by atoms with Gasteiger partial charge >= 0.3 is 0 Å². The van der Waals surface area contributed by atoms with Crippen LogP contribution >= 0.6 is 0 Å². The van der Waals surface area contributed by atoms with Crippen LogP contribution in [0.25, 0.3) is 0 Å². The lowest BCUT2D eigenvalue weighted by Crippen LogP contribution is -2.04. The van der Waals surface area contributed by atoms with E-state index in [2.05, 4.69) is 24.3 Å². The zero-order valence-electron chi connectivity index (χ0n) is 8.97. The van der Waals surface area contributed by atoms with E-state index in [1.165, 1.54) is 0 Å². The molecule has 4 nitrogen and oxygen atoms in total. The van der Waals surface area contributed by atoms with Crippen molar-refractivity contribution in [2.24, 2.45) is 0 Å². The fraction of sp³-hybridized carbons (Fsp3) is 0.364. The fourth-order valence-electron chi connectivity index (χ4n) is 1.47. The van der Waals surface area contributed by atoms with E-state index in [1.54, 1.807) is 6.26 Å². The SMILES string of the molecule is CCn1cc(NC(C)c2ccco2)cn1. The molecule has 2 aromatic rings. The average molecular weight is 205 g/mol. The van der Waals surface area contributed by atoms with Crippen LogP contribution in [0, 0.1) is 0 Å². The topological polar surface area (TPSA) is 43.0 Å². The molecule has 0 amide bonds. The summed E-state index contributed by atoms with van der Waals surface area (Å²) < 4.78 is 7.20. The van der Waals surface area contributed by atoms with Crippen molar-refractivity contribution in [1.29, 1.82) is 0 Å². The molecule has 0 aromatic carbocycles. The Kier molecular flexibility index (Phi) is 2.76. The molecule has 2 rings (SSSR count). The van der Waals surface area contributed by atoms with Gasteiger partial charge in [0.15, 0.2) is 0 Å². The van der Waals surface area contributed by atoms with Crippen molar-refractivity contribution in [3.8, 4) is 0 Å². The lowest BCUT2D eigenvalue weighted by atomic mass is 10.2. The standard InChI is InChI=1S/C11H15N3O/c1-3-14-8-10(7-12-14)13-9(2)11-5-4-6-15-11/h4-9,13H,3H2,1-2H3. The van der Waals surface area contributed by atoms with E-state index in [-0.39, 0.29) is 6.04 Å². The molecule has 2 heterocycles. The third-order valence-corrected chi connectivity index (χ3v) is 2.31. The Hall–Kier alpha value is -1.71. The zero-order chi connectivity index (χ0) is 10.7. The highest BCUT2D eigenvalue weighted by Crippen LogP contribution is 2.18. The fourth-order valence-corrected chi connectivity index (χ4v) is 1.47. The zero-order valence-corrected chi connectivity index (χ0v) is 8.97. The summed E-state index contributed by atoms with van der Waals surface area (Å²) >= 11 is 0. The van der Waals surface area contributed by atoms with Gasteiger partial charge in [0.2, 0.25) is 0 Å². The Morgan fingerprint density at radius 3 is 3.07 bits per heavy atom. The number of aryl methyl sites for hydroxylation is 1. The average Bonchev–Trinajstić information content (AvgIpc) is 2.87. The van der Waals surface area contributed by atoms with Crippen LogP contribution < -0.4 is 5.32 Å². The van der Waals surface area contributed by atoms with Gasteiger partial charge in [0, 0.05) is 12.7 Å². The first-order valence-electron chi connectivity index (χ1n) is 5.12. The molecule has 0 aliphatic rings. The molecule has 0 fully saturated rings. The van der Waals surface area contributed by atoms with E-state index in [1.807, 2.05) is 29.2 Å². The van der Waals surface area contributed by atoms with Crippen molar-refractivity contribution in [3.05, 3.63) is 36.5 Å². The third-order valence-electron chi connectivity index (χ3n) is 2.31. The monoisotopic (exact) mass is 205 g/mol. The lowest BCUT2D eigenvalue weighted by Gasteiger charge is -2.10. The molecule has 80 valence electrons. The molecule has 0 aliphatic heterocycles. The molecular weight excluding hydrogens is 190 g/mol. The molecule has 1 N–H and O–H groups in total. The van der Waals surface area contributed by atoms with Gasteiger partial charge in [-0.3, -0.25) is 4.68 Å². The number of furan rings is 1. The minimum atomic E-state index is 0.162. The minimum Gasteiger partial charge on any atom is -0.467 e. The molecule has 0 radical (unpaired) electrons. The van der Waals surface area contributed by atoms with Crippen LogP contribution in [0.2, 0.25) is 0 Å². The second-order valence-corrected chi connectivity index (χ2v) is 3.47. The van der Waals surface area contributed by atoms with Gasteiger partial charge in [-0.05, 0) is 26.0 Å². The summed E-state index contributed by atoms with van der Waals surface area (Å²) in [5.41, 5.74) is 1.01. The molecule has 0 spiro atoms. The van der Waals surface area contributed by atoms with Crippen LogP contribution in [-0.4, -0.2) is 9.78 Å². The first-order chi connectivity index (χ1) is 7.29. The maximum Gasteiger partial charge on any atom is 0.125 e. The minimum absolute atomic E-state index is 0.162. The molecule has 0 bridgehead atoms. The second-order valence-electron chi connectivity index (χ2n) is 3.47. The first-order valence-corrected chi connectivity index (χ1v) is 5.12. The summed E-state index contributed by atoms with van der Waals surface area (Å²) in [5.74, 6) is 0.930. The van der Waals surface area contributed by atoms with Crippen LogP contribution in [0.5, 0.6) is 0 Å². The predicted molar refractivity (Wildman–Crippen MR) is 58.6 cm³/mol. The van der Waals surface area contributed by atoms with Crippen LogP contribution in [0.4, 0.5) is 5.69 Å². The van der Waals surface area contributed by atoms with Crippen LogP contribution in [0.1, 0.15) is 25.6 Å². The number of nitrogens with zero attached hydrogens (tertiary/aromatic N) is 2. The summed E-state index contributed by atoms with van der Waals surface area (Å²) in [6.07, 6.45) is 5.49. The van der Waals surface area contributed by atoms with E-state index in [9.17, 15) is 0 Å². The second kappa shape index (κ2) is 4.21. The first kappa shape index (κ1) is 9.83. The van der Waals surface area contributed by atoms with E-state index in [4.69, 9.17) is 4.42 Å². The van der Waals surface area contributed by atoms with Crippen molar-refractivity contribution in [1.82, 2.24) is 9.78 Å². The normalized spacial score (nSPS) is 12.7. The maximum absolute atomic E-state index is 5.31. The molecule has 15 heavy (non-hydrogen) atoms. The molecule has 0 saturated heterocycles. The molecular formula is C11H15N3O. The van der Waals surface area contributed by atoms with Gasteiger partial charge in [-0.15, -0.1) is 0 Å². The summed E-state index contributed by atoms with van der Waals surface area (Å²) in [4.78, 5) is 0. The molecule has 2 aromatic heterocycles. The van der Waals surface area contributed by atoms with Crippen molar-refractivity contribution >= 4 is 5.69 Å². The lowest BCUT2D eigenvalue weighted by molar-refractivity contribution is 0.490. The highest BCUT2D eigenvalue weighted by molar-refractivity contribution is 5.40. The Bertz CT molecular complexity index is 405. The molecule has 0 saturated carbocycles. The van der Waals surface area contributed by atoms with Gasteiger partial charge in [-0.2, -0.15) is 5.10 Å². The maximum atomic E-state index is 5.31. The summed E-state index contributed by atoms with van der Waals surface area (Å²) in [5, 5.41) is 7.51. The number of nitrogens with one attached hydrogen (secondary N) is 1. The summed E-state index contributed by atoms with van der Waals surface area (Å²) in [6.45, 7) is 5.01. The van der Waals surface area contributed by atoms with Gasteiger partial charge in [0.1, 0.15) is 5.76 Å². The summed E-state index contributed by atoms with van der Waals surface area (Å²) in [7, 11) is 0. The van der Waals surface area contributed by atoms with Crippen molar-refractivity contribution in [2.75, 3.05) is 5.32 Å². The number of anilines is 1. The van der Waals surface area contributed by atoms with Crippen LogP contribution in [-0.2, 0) is 6.54 Å². The van der Waals surface area contributed by atoms with Gasteiger partial charge in [-0.1, -0.05) is 0 Å². The third kappa shape index (κ3) is 2.21. The van der Waals surface area contributed by atoms with E-state index < -0.39 is 0 Å². The van der Waals surface area contributed by atoms with Crippen LogP contribution in [0.3, 0.4) is 0 Å². The van der Waals surface area contributed by atoms with Gasteiger partial charge in [0.05, 0.1) is 24.2 Å². The number of hydrogen-bond acceptors (Lipinski definition) is 3. The predicted octanol–water partition coefficient (Wildman–Crippen LogP) is 2.67. The molecule has 0 aliphatic carbocycles. The van der Waals surface area contributed by atoms with E-state index in [0.717, 1.165) is 18.0 Å². The van der Waals surface area contributed by atoms with Gasteiger partial charge in [-0.25, -0.2) is 0 Å². The Morgan fingerprint density at radius 2 is 2.47 bits per heavy atom. The quantitative estimate of drug-likeness (QED) is 0.834. The van der Waals surface area contributed by atoms with Crippen molar-refractivity contribution in [2.45, 2.75) is 26.4 Å². The Labute approximate surface area is 88.9 Å². The largest absolute Gasteiger partial charge is 0.467 e. The van der Waals surface area contributed by atoms with Gasteiger partial charge in [0.25, 0.3) is 0 Å². The molecule has 4 heteroatoms. The van der Waals surface area contributed by atoms with E-state index >= 15 is 0 Å². The van der Waals surface area contributed by atoms with Gasteiger partial charge < -0.3 is 9.73 Å². The molecule has 1 atom stereocenters. The number of aromatic nitrogens is 2. The summed E-state index contributed by atoms with van der Waals surface area (Å²) in [6, 6.07) is 4.01. The Balaban J connectivity index is 2.02. The smallest absolute Gasteiger partial charge is 0.125 e. The highest BCUT2D eigenvalue weighted by atomic mass is 16.3. The Morgan fingerprint density at radius 1 is 1.60 bits per heavy atom. The number of rotatable bonds is 4. The van der Waals surface area contributed by atoms with Crippen molar-refractivity contribution < 1.29 is 4.42 Å². The van der Waals surface area contributed by atoms with Crippen molar-refractivity contribution in [3.63, 3.8) is 0 Å².